The molecule has 0 aliphatic rings. The molecule has 0 saturated heterocycles. The largest absolute Gasteiger partial charge is 0.465 e. The average molecular weight is 237 g/mol. The number of carbonyl (C=O) groups is 1. The summed E-state index contributed by atoms with van der Waals surface area (Å²) in [6, 6.07) is 5.63. The third kappa shape index (κ3) is 3.60. The molecule has 0 unspecified atom stereocenters. The van der Waals surface area contributed by atoms with Gasteiger partial charge in [0.05, 0.1) is 11.6 Å². The van der Waals surface area contributed by atoms with Gasteiger partial charge in [0.15, 0.2) is 0 Å². The van der Waals surface area contributed by atoms with E-state index in [0.717, 1.165) is 11.1 Å². The van der Waals surface area contributed by atoms with Crippen LogP contribution in [-0.4, -0.2) is 12.6 Å². The minimum Gasteiger partial charge on any atom is -0.465 e. The molecular formula is C13H13ClO2. The van der Waals surface area contributed by atoms with Crippen LogP contribution >= 0.6 is 11.6 Å². The second-order valence-electron chi connectivity index (χ2n) is 3.22. The Bertz CT molecular complexity index is 441. The van der Waals surface area contributed by atoms with Crippen LogP contribution in [-0.2, 0) is 9.53 Å². The van der Waals surface area contributed by atoms with Gasteiger partial charge in [-0.2, -0.15) is 0 Å². The summed E-state index contributed by atoms with van der Waals surface area (Å²) in [5, 5.41) is 0.638. The topological polar surface area (TPSA) is 26.3 Å². The van der Waals surface area contributed by atoms with E-state index in [-0.39, 0.29) is 12.4 Å². The third-order valence-corrected chi connectivity index (χ3v) is 2.45. The van der Waals surface area contributed by atoms with Crippen LogP contribution in [0.2, 0.25) is 5.02 Å². The Balaban J connectivity index is 2.70. The Morgan fingerprint density at radius 1 is 1.50 bits per heavy atom. The molecule has 2 nitrogen and oxygen atoms in total. The molecule has 3 heteroatoms. The Morgan fingerprint density at radius 3 is 2.94 bits per heavy atom. The lowest BCUT2D eigenvalue weighted by Gasteiger charge is -1.99. The van der Waals surface area contributed by atoms with E-state index in [1.54, 1.807) is 6.92 Å². The average Bonchev–Trinajstić information content (AvgIpc) is 2.25. The summed E-state index contributed by atoms with van der Waals surface area (Å²) < 4.78 is 4.76. The molecule has 0 aromatic heterocycles. The Labute approximate surface area is 101 Å². The zero-order chi connectivity index (χ0) is 12.0. The van der Waals surface area contributed by atoms with E-state index in [0.29, 0.717) is 11.6 Å². The van der Waals surface area contributed by atoms with Crippen molar-refractivity contribution in [1.29, 1.82) is 0 Å². The van der Waals surface area contributed by atoms with Crippen molar-refractivity contribution in [2.75, 3.05) is 6.61 Å². The zero-order valence-electron chi connectivity index (χ0n) is 9.34. The number of aryl methyl sites for hydroxylation is 1. The molecule has 0 heterocycles. The molecule has 0 fully saturated rings. The van der Waals surface area contributed by atoms with E-state index in [1.807, 2.05) is 25.1 Å². The molecule has 0 amide bonds. The summed E-state index contributed by atoms with van der Waals surface area (Å²) in [6.45, 7) is 4.06. The molecule has 0 bridgehead atoms. The van der Waals surface area contributed by atoms with Crippen LogP contribution in [0.1, 0.15) is 24.5 Å². The monoisotopic (exact) mass is 236 g/mol. The van der Waals surface area contributed by atoms with E-state index in [9.17, 15) is 4.79 Å². The standard InChI is InChI=1S/C13H13ClO2/c1-3-16-12(15)9-5-8-11-7-4-6-10(2)13(11)14/h4,6-7H,3,9H2,1-2H3. The fourth-order valence-electron chi connectivity index (χ4n) is 1.17. The lowest BCUT2D eigenvalue weighted by molar-refractivity contribution is -0.141. The van der Waals surface area contributed by atoms with Crippen molar-refractivity contribution < 1.29 is 9.53 Å². The van der Waals surface area contributed by atoms with Crippen LogP contribution in [0.25, 0.3) is 0 Å². The summed E-state index contributed by atoms with van der Waals surface area (Å²) in [5.41, 5.74) is 1.72. The number of benzene rings is 1. The Morgan fingerprint density at radius 2 is 2.25 bits per heavy atom. The van der Waals surface area contributed by atoms with E-state index in [1.165, 1.54) is 0 Å². The van der Waals surface area contributed by atoms with Gasteiger partial charge >= 0.3 is 5.97 Å². The van der Waals surface area contributed by atoms with Gasteiger partial charge < -0.3 is 4.74 Å². The minimum atomic E-state index is -0.307. The van der Waals surface area contributed by atoms with E-state index in [2.05, 4.69) is 11.8 Å². The van der Waals surface area contributed by atoms with Gasteiger partial charge in [-0.25, -0.2) is 0 Å². The van der Waals surface area contributed by atoms with Crippen molar-refractivity contribution in [2.24, 2.45) is 0 Å². The van der Waals surface area contributed by atoms with Crippen molar-refractivity contribution in [1.82, 2.24) is 0 Å². The number of halogens is 1. The molecule has 1 aromatic rings. The summed E-state index contributed by atoms with van der Waals surface area (Å²) in [4.78, 5) is 11.0. The van der Waals surface area contributed by atoms with Crippen LogP contribution in [0.15, 0.2) is 18.2 Å². The molecule has 1 rings (SSSR count). The number of hydrogen-bond acceptors (Lipinski definition) is 2. The van der Waals surface area contributed by atoms with Gasteiger partial charge in [-0.1, -0.05) is 35.6 Å². The van der Waals surface area contributed by atoms with Gasteiger partial charge in [0, 0.05) is 5.56 Å². The molecule has 0 N–H and O–H groups in total. The number of rotatable bonds is 2. The van der Waals surface area contributed by atoms with E-state index < -0.39 is 0 Å². The highest BCUT2D eigenvalue weighted by Gasteiger charge is 2.00. The fourth-order valence-corrected chi connectivity index (χ4v) is 1.34. The summed E-state index contributed by atoms with van der Waals surface area (Å²) >= 11 is 6.05. The molecule has 1 aromatic carbocycles. The maximum atomic E-state index is 11.0. The normalized spacial score (nSPS) is 9.19. The van der Waals surface area contributed by atoms with E-state index in [4.69, 9.17) is 16.3 Å². The highest BCUT2D eigenvalue weighted by molar-refractivity contribution is 6.32. The Kier molecular flexibility index (Phi) is 4.88. The first-order valence-electron chi connectivity index (χ1n) is 5.04. The highest BCUT2D eigenvalue weighted by Crippen LogP contribution is 2.18. The third-order valence-electron chi connectivity index (χ3n) is 1.95. The number of ether oxygens (including phenoxy) is 1. The quantitative estimate of drug-likeness (QED) is 0.583. The maximum absolute atomic E-state index is 11.0. The van der Waals surface area contributed by atoms with Gasteiger partial charge in [-0.05, 0) is 25.5 Å². The first-order chi connectivity index (χ1) is 7.65. The van der Waals surface area contributed by atoms with Gasteiger partial charge in [-0.3, -0.25) is 4.79 Å². The molecule has 0 aliphatic heterocycles. The smallest absolute Gasteiger partial charge is 0.317 e. The first-order valence-corrected chi connectivity index (χ1v) is 5.42. The van der Waals surface area contributed by atoms with Crippen LogP contribution in [0.4, 0.5) is 0 Å². The summed E-state index contributed by atoms with van der Waals surface area (Å²) in [6.07, 6.45) is 0.0953. The molecule has 0 aliphatic carbocycles. The van der Waals surface area contributed by atoms with Crippen molar-refractivity contribution >= 4 is 17.6 Å². The lowest BCUT2D eigenvalue weighted by atomic mass is 10.1. The van der Waals surface area contributed by atoms with Crippen molar-refractivity contribution in [3.63, 3.8) is 0 Å². The van der Waals surface area contributed by atoms with Crippen LogP contribution in [0.5, 0.6) is 0 Å². The highest BCUT2D eigenvalue weighted by atomic mass is 35.5. The molecule has 16 heavy (non-hydrogen) atoms. The molecule has 0 atom stereocenters. The van der Waals surface area contributed by atoms with Crippen molar-refractivity contribution in [3.05, 3.63) is 34.3 Å². The number of carbonyl (C=O) groups excluding carboxylic acids is 1. The minimum absolute atomic E-state index is 0.0953. The van der Waals surface area contributed by atoms with Crippen LogP contribution in [0.3, 0.4) is 0 Å². The summed E-state index contributed by atoms with van der Waals surface area (Å²) in [7, 11) is 0. The lowest BCUT2D eigenvalue weighted by Crippen LogP contribution is -2.01. The van der Waals surface area contributed by atoms with Crippen molar-refractivity contribution in [3.8, 4) is 11.8 Å². The predicted octanol–water partition coefficient (Wildman–Crippen LogP) is 2.95. The number of esters is 1. The molecule has 84 valence electrons. The zero-order valence-corrected chi connectivity index (χ0v) is 10.1. The van der Waals surface area contributed by atoms with Gasteiger partial charge in [0.1, 0.15) is 6.42 Å². The fraction of sp³-hybridized carbons (Fsp3) is 0.308. The van der Waals surface area contributed by atoms with Crippen LogP contribution in [0, 0.1) is 18.8 Å². The molecule has 0 radical (unpaired) electrons. The first kappa shape index (κ1) is 12.6. The second kappa shape index (κ2) is 6.19. The van der Waals surface area contributed by atoms with Gasteiger partial charge in [0.2, 0.25) is 0 Å². The molecule has 0 spiro atoms. The Hall–Kier alpha value is -1.46. The molecule has 0 saturated carbocycles. The molecular weight excluding hydrogens is 224 g/mol. The van der Waals surface area contributed by atoms with Crippen LogP contribution < -0.4 is 0 Å². The second-order valence-corrected chi connectivity index (χ2v) is 3.60. The SMILES string of the molecule is CCOC(=O)CC#Cc1cccc(C)c1Cl. The van der Waals surface area contributed by atoms with E-state index >= 15 is 0 Å². The summed E-state index contributed by atoms with van der Waals surface area (Å²) in [5.74, 6) is 5.30. The van der Waals surface area contributed by atoms with Gasteiger partial charge in [-0.15, -0.1) is 0 Å². The maximum Gasteiger partial charge on any atom is 0.317 e. The predicted molar refractivity (Wildman–Crippen MR) is 64.3 cm³/mol. The van der Waals surface area contributed by atoms with Crippen molar-refractivity contribution in [2.45, 2.75) is 20.3 Å². The van der Waals surface area contributed by atoms with Gasteiger partial charge in [0.25, 0.3) is 0 Å². The number of hydrogen-bond donors (Lipinski definition) is 0.